The summed E-state index contributed by atoms with van der Waals surface area (Å²) in [6, 6.07) is 4.58. The Labute approximate surface area is 126 Å². The molecule has 1 rings (SSSR count). The molecular formula is C13H21NO5S2. The molecule has 0 aliphatic carbocycles. The number of aliphatic hydroxyl groups excluding tert-OH is 1. The molecule has 0 aliphatic rings. The van der Waals surface area contributed by atoms with Gasteiger partial charge in [0.2, 0.25) is 10.0 Å². The van der Waals surface area contributed by atoms with Crippen molar-refractivity contribution in [2.75, 3.05) is 25.6 Å². The summed E-state index contributed by atoms with van der Waals surface area (Å²) in [7, 11) is -5.65. The molecule has 0 saturated carbocycles. The summed E-state index contributed by atoms with van der Waals surface area (Å²) < 4.78 is 48.0. The summed E-state index contributed by atoms with van der Waals surface area (Å²) >= 11 is 0. The van der Waals surface area contributed by atoms with Crippen LogP contribution in [0.1, 0.15) is 18.1 Å². The normalized spacial score (nSPS) is 12.8. The highest BCUT2D eigenvalue weighted by molar-refractivity contribution is 7.91. The quantitative estimate of drug-likeness (QED) is 0.779. The third kappa shape index (κ3) is 4.77. The number of aryl methyl sites for hydroxylation is 1. The number of sulfone groups is 1. The minimum Gasteiger partial charge on any atom is -0.392 e. The molecule has 120 valence electrons. The Morgan fingerprint density at radius 1 is 1.14 bits per heavy atom. The number of sulfonamides is 1. The van der Waals surface area contributed by atoms with Crippen LogP contribution in [-0.2, 0) is 32.9 Å². The second kappa shape index (κ2) is 6.87. The van der Waals surface area contributed by atoms with Gasteiger partial charge in [-0.2, -0.15) is 4.31 Å². The molecule has 0 aromatic heterocycles. The van der Waals surface area contributed by atoms with E-state index in [4.69, 9.17) is 0 Å². The SMILES string of the molecule is CCc1ccc(S(=O)(=O)N(C)CCS(C)(=O)=O)cc1CO. The van der Waals surface area contributed by atoms with Gasteiger partial charge >= 0.3 is 0 Å². The van der Waals surface area contributed by atoms with Crippen LogP contribution in [0.5, 0.6) is 0 Å². The van der Waals surface area contributed by atoms with E-state index in [2.05, 4.69) is 0 Å². The summed E-state index contributed by atoms with van der Waals surface area (Å²) in [6.45, 7) is 1.58. The Balaban J connectivity index is 3.07. The fourth-order valence-corrected chi connectivity index (χ4v) is 3.79. The molecule has 0 saturated heterocycles. The van der Waals surface area contributed by atoms with E-state index in [1.54, 1.807) is 6.07 Å². The van der Waals surface area contributed by atoms with Crippen LogP contribution >= 0.6 is 0 Å². The molecule has 1 aromatic carbocycles. The van der Waals surface area contributed by atoms with Crippen LogP contribution < -0.4 is 0 Å². The van der Waals surface area contributed by atoms with Crippen LogP contribution in [0.3, 0.4) is 0 Å². The van der Waals surface area contributed by atoms with E-state index in [0.717, 1.165) is 16.1 Å². The van der Waals surface area contributed by atoms with Crippen LogP contribution in [0.4, 0.5) is 0 Å². The fourth-order valence-electron chi connectivity index (χ4n) is 1.85. The smallest absolute Gasteiger partial charge is 0.242 e. The van der Waals surface area contributed by atoms with Crippen molar-refractivity contribution in [1.82, 2.24) is 4.31 Å². The Hall–Kier alpha value is -0.960. The summed E-state index contributed by atoms with van der Waals surface area (Å²) in [4.78, 5) is 0.0553. The lowest BCUT2D eigenvalue weighted by atomic mass is 10.1. The van der Waals surface area contributed by atoms with Gasteiger partial charge < -0.3 is 5.11 Å². The molecule has 0 amide bonds. The standard InChI is InChI=1S/C13H21NO5S2/c1-4-11-5-6-13(9-12(11)10-15)21(18,19)14(2)7-8-20(3,16)17/h5-6,9,15H,4,7-8,10H2,1-3H3. The van der Waals surface area contributed by atoms with Gasteiger partial charge in [0.05, 0.1) is 17.3 Å². The van der Waals surface area contributed by atoms with Crippen LogP contribution in [-0.4, -0.2) is 51.8 Å². The second-order valence-electron chi connectivity index (χ2n) is 4.90. The molecule has 0 fully saturated rings. The first kappa shape index (κ1) is 18.1. The molecule has 1 N–H and O–H groups in total. The van der Waals surface area contributed by atoms with Gasteiger partial charge in [-0.1, -0.05) is 13.0 Å². The van der Waals surface area contributed by atoms with E-state index in [9.17, 15) is 21.9 Å². The van der Waals surface area contributed by atoms with Crippen molar-refractivity contribution in [2.24, 2.45) is 0 Å². The molecule has 21 heavy (non-hydrogen) atoms. The summed E-state index contributed by atoms with van der Waals surface area (Å²) in [5.41, 5.74) is 1.45. The maximum absolute atomic E-state index is 12.4. The monoisotopic (exact) mass is 335 g/mol. The molecule has 0 bridgehead atoms. The van der Waals surface area contributed by atoms with E-state index in [-0.39, 0.29) is 23.8 Å². The first-order chi connectivity index (χ1) is 9.61. The zero-order valence-corrected chi connectivity index (χ0v) is 14.0. The van der Waals surface area contributed by atoms with Crippen molar-refractivity contribution >= 4 is 19.9 Å². The summed E-state index contributed by atoms with van der Waals surface area (Å²) in [6.07, 6.45) is 1.76. The number of hydrogen-bond acceptors (Lipinski definition) is 5. The van der Waals surface area contributed by atoms with Crippen molar-refractivity contribution in [1.29, 1.82) is 0 Å². The Bertz CT molecular complexity index is 695. The molecule has 0 unspecified atom stereocenters. The lowest BCUT2D eigenvalue weighted by Crippen LogP contribution is -2.31. The van der Waals surface area contributed by atoms with Crippen molar-refractivity contribution < 1.29 is 21.9 Å². The van der Waals surface area contributed by atoms with Crippen molar-refractivity contribution in [2.45, 2.75) is 24.8 Å². The van der Waals surface area contributed by atoms with E-state index in [1.807, 2.05) is 6.92 Å². The lowest BCUT2D eigenvalue weighted by molar-refractivity contribution is 0.280. The molecule has 6 nitrogen and oxygen atoms in total. The maximum Gasteiger partial charge on any atom is 0.242 e. The number of benzene rings is 1. The Kier molecular flexibility index (Phi) is 5.92. The molecule has 1 aromatic rings. The van der Waals surface area contributed by atoms with Gasteiger partial charge in [0.1, 0.15) is 9.84 Å². The zero-order chi connectivity index (χ0) is 16.3. The van der Waals surface area contributed by atoms with E-state index in [0.29, 0.717) is 12.0 Å². The number of rotatable bonds is 7. The molecular weight excluding hydrogens is 314 g/mol. The molecule has 0 atom stereocenters. The van der Waals surface area contributed by atoms with Gasteiger partial charge in [-0.15, -0.1) is 0 Å². The maximum atomic E-state index is 12.4. The van der Waals surface area contributed by atoms with Crippen LogP contribution in [0.2, 0.25) is 0 Å². The lowest BCUT2D eigenvalue weighted by Gasteiger charge is -2.18. The van der Waals surface area contributed by atoms with Crippen LogP contribution in [0, 0.1) is 0 Å². The fraction of sp³-hybridized carbons (Fsp3) is 0.538. The van der Waals surface area contributed by atoms with Gasteiger partial charge in [-0.05, 0) is 29.7 Å². The number of aliphatic hydroxyl groups is 1. The first-order valence-corrected chi connectivity index (χ1v) is 9.98. The molecule has 0 spiro atoms. The van der Waals surface area contributed by atoms with E-state index >= 15 is 0 Å². The van der Waals surface area contributed by atoms with E-state index < -0.39 is 19.9 Å². The predicted octanol–water partition coefficient (Wildman–Crippen LogP) is 0.406. The molecule has 8 heteroatoms. The van der Waals surface area contributed by atoms with E-state index in [1.165, 1.54) is 19.2 Å². The largest absolute Gasteiger partial charge is 0.392 e. The van der Waals surface area contributed by atoms with Crippen molar-refractivity contribution in [3.05, 3.63) is 29.3 Å². The topological polar surface area (TPSA) is 91.8 Å². The molecule has 0 heterocycles. The van der Waals surface area contributed by atoms with Gasteiger partial charge in [-0.3, -0.25) is 0 Å². The number of hydrogen-bond donors (Lipinski definition) is 1. The van der Waals surface area contributed by atoms with Gasteiger partial charge in [-0.25, -0.2) is 16.8 Å². The van der Waals surface area contributed by atoms with Crippen LogP contribution in [0.25, 0.3) is 0 Å². The minimum absolute atomic E-state index is 0.0553. The molecule has 0 radical (unpaired) electrons. The Morgan fingerprint density at radius 3 is 2.24 bits per heavy atom. The highest BCUT2D eigenvalue weighted by atomic mass is 32.2. The average Bonchev–Trinajstić information content (AvgIpc) is 2.42. The summed E-state index contributed by atoms with van der Waals surface area (Å²) in [5.74, 6) is -0.234. The highest BCUT2D eigenvalue weighted by Gasteiger charge is 2.22. The summed E-state index contributed by atoms with van der Waals surface area (Å²) in [5, 5.41) is 9.30. The number of nitrogens with zero attached hydrogens (tertiary/aromatic N) is 1. The highest BCUT2D eigenvalue weighted by Crippen LogP contribution is 2.19. The van der Waals surface area contributed by atoms with Crippen LogP contribution in [0.15, 0.2) is 23.1 Å². The van der Waals surface area contributed by atoms with Gasteiger partial charge in [0.25, 0.3) is 0 Å². The predicted molar refractivity (Wildman–Crippen MR) is 81.3 cm³/mol. The van der Waals surface area contributed by atoms with Crippen molar-refractivity contribution in [3.8, 4) is 0 Å². The molecule has 0 aliphatic heterocycles. The third-order valence-electron chi connectivity index (χ3n) is 3.21. The first-order valence-electron chi connectivity index (χ1n) is 6.48. The van der Waals surface area contributed by atoms with Gasteiger partial charge in [0, 0.05) is 19.8 Å². The third-order valence-corrected chi connectivity index (χ3v) is 5.99. The second-order valence-corrected chi connectivity index (χ2v) is 9.20. The zero-order valence-electron chi connectivity index (χ0n) is 12.4. The van der Waals surface area contributed by atoms with Crippen molar-refractivity contribution in [3.63, 3.8) is 0 Å². The van der Waals surface area contributed by atoms with Gasteiger partial charge in [0.15, 0.2) is 0 Å². The average molecular weight is 335 g/mol. The Morgan fingerprint density at radius 2 is 1.76 bits per heavy atom. The minimum atomic E-state index is -3.76.